The summed E-state index contributed by atoms with van der Waals surface area (Å²) in [5.74, 6) is -0.371. The van der Waals surface area contributed by atoms with Crippen LogP contribution in [0.5, 0.6) is 0 Å². The monoisotopic (exact) mass is 410 g/mol. The Morgan fingerprint density at radius 3 is 2.46 bits per heavy atom. The first kappa shape index (κ1) is 19.0. The van der Waals surface area contributed by atoms with Gasteiger partial charge in [0.05, 0.1) is 5.69 Å². The van der Waals surface area contributed by atoms with Crippen LogP contribution in [-0.2, 0) is 15.4 Å². The van der Waals surface area contributed by atoms with Crippen molar-refractivity contribution >= 4 is 38.4 Å². The van der Waals surface area contributed by atoms with Crippen molar-refractivity contribution in [3.05, 3.63) is 52.1 Å². The maximum absolute atomic E-state index is 13.4. The number of thiophene rings is 1. The SMILES string of the molecule is Cc1cc(NS(=O)(=O)c2cc(-c3nc(C(C)(C)C)cs3)cs2)ccc1F. The van der Waals surface area contributed by atoms with E-state index in [0.717, 1.165) is 27.6 Å². The average Bonchev–Trinajstić information content (AvgIpc) is 3.18. The van der Waals surface area contributed by atoms with Gasteiger partial charge in [0.25, 0.3) is 10.0 Å². The maximum atomic E-state index is 13.4. The molecule has 0 amide bonds. The van der Waals surface area contributed by atoms with Gasteiger partial charge < -0.3 is 0 Å². The van der Waals surface area contributed by atoms with Crippen molar-refractivity contribution < 1.29 is 12.8 Å². The molecule has 0 saturated carbocycles. The van der Waals surface area contributed by atoms with Crippen LogP contribution >= 0.6 is 22.7 Å². The van der Waals surface area contributed by atoms with Crippen LogP contribution < -0.4 is 4.72 Å². The van der Waals surface area contributed by atoms with Gasteiger partial charge in [0, 0.05) is 27.4 Å². The van der Waals surface area contributed by atoms with Gasteiger partial charge in [-0.2, -0.15) is 0 Å². The van der Waals surface area contributed by atoms with Crippen molar-refractivity contribution in [3.63, 3.8) is 0 Å². The molecule has 8 heteroatoms. The Bertz CT molecular complexity index is 1050. The van der Waals surface area contributed by atoms with E-state index < -0.39 is 10.0 Å². The number of anilines is 1. The van der Waals surface area contributed by atoms with Crippen LogP contribution in [0.25, 0.3) is 10.6 Å². The van der Waals surface area contributed by atoms with E-state index in [1.54, 1.807) is 18.4 Å². The van der Waals surface area contributed by atoms with Gasteiger partial charge >= 0.3 is 0 Å². The molecule has 0 atom stereocenters. The lowest BCUT2D eigenvalue weighted by Gasteiger charge is -2.14. The first-order chi connectivity index (χ1) is 12.1. The lowest BCUT2D eigenvalue weighted by Crippen LogP contribution is -2.11. The minimum Gasteiger partial charge on any atom is -0.279 e. The number of aromatic nitrogens is 1. The fraction of sp³-hybridized carbons (Fsp3) is 0.278. The third kappa shape index (κ3) is 3.97. The molecule has 3 aromatic rings. The molecule has 0 unspecified atom stereocenters. The first-order valence-electron chi connectivity index (χ1n) is 7.90. The molecule has 138 valence electrons. The zero-order valence-electron chi connectivity index (χ0n) is 14.8. The van der Waals surface area contributed by atoms with Crippen LogP contribution in [0.1, 0.15) is 32.0 Å². The third-order valence-electron chi connectivity index (χ3n) is 3.77. The van der Waals surface area contributed by atoms with Crippen LogP contribution in [0.3, 0.4) is 0 Å². The number of rotatable bonds is 4. The normalized spacial score (nSPS) is 12.3. The molecule has 0 aliphatic rings. The predicted molar refractivity (Wildman–Crippen MR) is 106 cm³/mol. The largest absolute Gasteiger partial charge is 0.279 e. The number of thiazole rings is 1. The van der Waals surface area contributed by atoms with Crippen molar-refractivity contribution in [2.45, 2.75) is 37.3 Å². The van der Waals surface area contributed by atoms with Gasteiger partial charge in [0.1, 0.15) is 15.0 Å². The Kier molecular flexibility index (Phi) is 4.94. The number of hydrogen-bond acceptors (Lipinski definition) is 5. The molecule has 2 heterocycles. The van der Waals surface area contributed by atoms with E-state index >= 15 is 0 Å². The summed E-state index contributed by atoms with van der Waals surface area (Å²) < 4.78 is 41.2. The molecule has 0 saturated heterocycles. The standard InChI is InChI=1S/C18H19FN2O2S3/c1-11-7-13(5-6-14(11)19)21-26(22,23)16-8-12(9-24-16)17-20-15(10-25-17)18(2,3)4/h5-10,21H,1-4H3. The smallest absolute Gasteiger partial charge is 0.271 e. The molecule has 0 spiro atoms. The quantitative estimate of drug-likeness (QED) is 0.625. The molecule has 26 heavy (non-hydrogen) atoms. The maximum Gasteiger partial charge on any atom is 0.271 e. The highest BCUT2D eigenvalue weighted by molar-refractivity contribution is 7.94. The predicted octanol–water partition coefficient (Wildman–Crippen LogP) is 5.42. The van der Waals surface area contributed by atoms with E-state index in [9.17, 15) is 12.8 Å². The Morgan fingerprint density at radius 2 is 1.85 bits per heavy atom. The van der Waals surface area contributed by atoms with E-state index in [2.05, 4.69) is 30.5 Å². The molecule has 1 aromatic carbocycles. The van der Waals surface area contributed by atoms with Gasteiger partial charge in [-0.3, -0.25) is 4.72 Å². The van der Waals surface area contributed by atoms with Gasteiger partial charge in [-0.25, -0.2) is 17.8 Å². The number of halogens is 1. The second-order valence-electron chi connectivity index (χ2n) is 7.01. The van der Waals surface area contributed by atoms with E-state index in [0.29, 0.717) is 11.3 Å². The summed E-state index contributed by atoms with van der Waals surface area (Å²) in [6, 6.07) is 5.74. The van der Waals surface area contributed by atoms with Crippen LogP contribution in [0.2, 0.25) is 0 Å². The molecule has 0 bridgehead atoms. The molecule has 3 rings (SSSR count). The third-order valence-corrected chi connectivity index (χ3v) is 7.48. The van der Waals surface area contributed by atoms with Crippen molar-refractivity contribution in [1.82, 2.24) is 4.98 Å². The highest BCUT2D eigenvalue weighted by Gasteiger charge is 2.21. The molecule has 2 aromatic heterocycles. The first-order valence-corrected chi connectivity index (χ1v) is 11.1. The summed E-state index contributed by atoms with van der Waals surface area (Å²) in [6.45, 7) is 7.85. The van der Waals surface area contributed by atoms with Gasteiger partial charge in [0.2, 0.25) is 0 Å². The Morgan fingerprint density at radius 1 is 1.12 bits per heavy atom. The topological polar surface area (TPSA) is 59.1 Å². The number of benzene rings is 1. The van der Waals surface area contributed by atoms with Crippen LogP contribution in [0.4, 0.5) is 10.1 Å². The Balaban J connectivity index is 1.86. The van der Waals surface area contributed by atoms with Crippen molar-refractivity contribution in [3.8, 4) is 10.6 Å². The summed E-state index contributed by atoms with van der Waals surface area (Å²) in [6.07, 6.45) is 0. The molecule has 0 fully saturated rings. The average molecular weight is 411 g/mol. The fourth-order valence-corrected chi connectivity index (χ4v) is 5.56. The second-order valence-corrected chi connectivity index (χ2v) is 10.7. The summed E-state index contributed by atoms with van der Waals surface area (Å²) in [5, 5.41) is 4.58. The summed E-state index contributed by atoms with van der Waals surface area (Å²) in [7, 11) is -3.73. The minimum absolute atomic E-state index is 0.0539. The summed E-state index contributed by atoms with van der Waals surface area (Å²) in [5.41, 5.74) is 2.43. The molecular weight excluding hydrogens is 391 g/mol. The second kappa shape index (κ2) is 6.75. The van der Waals surface area contributed by atoms with Crippen molar-refractivity contribution in [1.29, 1.82) is 0 Å². The fourth-order valence-electron chi connectivity index (χ4n) is 2.23. The van der Waals surface area contributed by atoms with Gasteiger partial charge in [-0.05, 0) is 36.8 Å². The molecule has 4 nitrogen and oxygen atoms in total. The van der Waals surface area contributed by atoms with Crippen molar-refractivity contribution in [2.75, 3.05) is 4.72 Å². The molecule has 0 radical (unpaired) electrons. The van der Waals surface area contributed by atoms with E-state index in [1.165, 1.54) is 29.5 Å². The zero-order valence-corrected chi connectivity index (χ0v) is 17.3. The minimum atomic E-state index is -3.73. The Hall–Kier alpha value is -1.77. The number of sulfonamides is 1. The molecule has 0 aliphatic heterocycles. The summed E-state index contributed by atoms with van der Waals surface area (Å²) >= 11 is 2.64. The van der Waals surface area contributed by atoms with Gasteiger partial charge in [0.15, 0.2) is 0 Å². The molecular formula is C18H19FN2O2S3. The van der Waals surface area contributed by atoms with Gasteiger partial charge in [-0.1, -0.05) is 20.8 Å². The van der Waals surface area contributed by atoms with Crippen LogP contribution in [0, 0.1) is 12.7 Å². The van der Waals surface area contributed by atoms with Crippen molar-refractivity contribution in [2.24, 2.45) is 0 Å². The number of aryl methyl sites for hydroxylation is 1. The molecule has 1 N–H and O–H groups in total. The van der Waals surface area contributed by atoms with Crippen LogP contribution in [0.15, 0.2) is 39.2 Å². The zero-order chi connectivity index (χ0) is 19.1. The lowest BCUT2D eigenvalue weighted by atomic mass is 9.93. The highest BCUT2D eigenvalue weighted by atomic mass is 32.2. The van der Waals surface area contributed by atoms with E-state index in [4.69, 9.17) is 0 Å². The number of nitrogens with zero attached hydrogens (tertiary/aromatic N) is 1. The lowest BCUT2D eigenvalue weighted by molar-refractivity contribution is 0.573. The molecule has 0 aliphatic carbocycles. The Labute approximate surface area is 160 Å². The number of hydrogen-bond donors (Lipinski definition) is 1. The van der Waals surface area contributed by atoms with E-state index in [-0.39, 0.29) is 15.4 Å². The van der Waals surface area contributed by atoms with Crippen LogP contribution in [-0.4, -0.2) is 13.4 Å². The number of nitrogens with one attached hydrogen (secondary N) is 1. The summed E-state index contributed by atoms with van der Waals surface area (Å²) in [4.78, 5) is 4.62. The van der Waals surface area contributed by atoms with E-state index in [1.807, 2.05) is 5.38 Å². The highest BCUT2D eigenvalue weighted by Crippen LogP contribution is 2.34. The van der Waals surface area contributed by atoms with Gasteiger partial charge in [-0.15, -0.1) is 22.7 Å².